The van der Waals surface area contributed by atoms with Crippen molar-refractivity contribution < 1.29 is 26.7 Å². The third kappa shape index (κ3) is 3.03. The van der Waals surface area contributed by atoms with Crippen LogP contribution in [0.1, 0.15) is 13.8 Å². The van der Waals surface area contributed by atoms with Gasteiger partial charge in [0.05, 0.1) is 0 Å². The SMILES string of the molecule is CC(C)N(CCN)C(=O)C(F)(F)C(F)(F)F. The lowest BCUT2D eigenvalue weighted by atomic mass is 10.2. The molecule has 16 heavy (non-hydrogen) atoms. The van der Waals surface area contributed by atoms with E-state index in [1.807, 2.05) is 0 Å². The number of amides is 1. The minimum Gasteiger partial charge on any atom is -0.333 e. The number of hydrogen-bond donors (Lipinski definition) is 1. The molecule has 0 aliphatic heterocycles. The molecular weight excluding hydrogens is 235 g/mol. The summed E-state index contributed by atoms with van der Waals surface area (Å²) in [5.41, 5.74) is 5.04. The van der Waals surface area contributed by atoms with Gasteiger partial charge in [0.1, 0.15) is 0 Å². The zero-order chi connectivity index (χ0) is 13.1. The highest BCUT2D eigenvalue weighted by Gasteiger charge is 2.64. The molecule has 0 aromatic carbocycles. The predicted octanol–water partition coefficient (Wildman–Crippen LogP) is 1.38. The fraction of sp³-hybridized carbons (Fsp3) is 0.875. The van der Waals surface area contributed by atoms with Gasteiger partial charge in [-0.25, -0.2) is 0 Å². The molecule has 0 atom stereocenters. The van der Waals surface area contributed by atoms with E-state index in [-0.39, 0.29) is 13.1 Å². The van der Waals surface area contributed by atoms with Crippen LogP contribution in [-0.4, -0.2) is 42.0 Å². The van der Waals surface area contributed by atoms with Crippen molar-refractivity contribution in [3.8, 4) is 0 Å². The first-order chi connectivity index (χ1) is 7.05. The predicted molar refractivity (Wildman–Crippen MR) is 46.9 cm³/mol. The monoisotopic (exact) mass is 248 g/mol. The van der Waals surface area contributed by atoms with E-state index in [4.69, 9.17) is 5.73 Å². The smallest absolute Gasteiger partial charge is 0.333 e. The largest absolute Gasteiger partial charge is 0.463 e. The Kier molecular flexibility index (Phi) is 4.66. The van der Waals surface area contributed by atoms with Crippen molar-refractivity contribution in [2.45, 2.75) is 32.0 Å². The number of rotatable bonds is 4. The molecule has 0 aliphatic rings. The average molecular weight is 248 g/mol. The number of carbonyl (C=O) groups excluding carboxylic acids is 1. The molecule has 0 saturated heterocycles. The molecule has 0 aliphatic carbocycles. The van der Waals surface area contributed by atoms with E-state index >= 15 is 0 Å². The second kappa shape index (κ2) is 4.94. The Balaban J connectivity index is 5.01. The molecule has 0 bridgehead atoms. The summed E-state index contributed by atoms with van der Waals surface area (Å²) < 4.78 is 61.2. The lowest BCUT2D eigenvalue weighted by Crippen LogP contribution is -2.55. The lowest BCUT2D eigenvalue weighted by molar-refractivity contribution is -0.275. The van der Waals surface area contributed by atoms with Gasteiger partial charge < -0.3 is 10.6 Å². The third-order valence-electron chi connectivity index (χ3n) is 1.88. The van der Waals surface area contributed by atoms with Crippen LogP contribution in [0.2, 0.25) is 0 Å². The van der Waals surface area contributed by atoms with Gasteiger partial charge in [0, 0.05) is 19.1 Å². The van der Waals surface area contributed by atoms with Gasteiger partial charge in [0.15, 0.2) is 0 Å². The van der Waals surface area contributed by atoms with E-state index in [2.05, 4.69) is 0 Å². The van der Waals surface area contributed by atoms with Crippen LogP contribution in [0.4, 0.5) is 22.0 Å². The van der Waals surface area contributed by atoms with E-state index < -0.39 is 24.0 Å². The van der Waals surface area contributed by atoms with Crippen molar-refractivity contribution in [1.29, 1.82) is 0 Å². The number of nitrogens with two attached hydrogens (primary N) is 1. The van der Waals surface area contributed by atoms with E-state index in [1.54, 1.807) is 0 Å². The van der Waals surface area contributed by atoms with Crippen molar-refractivity contribution in [2.24, 2.45) is 5.73 Å². The third-order valence-corrected chi connectivity index (χ3v) is 1.88. The van der Waals surface area contributed by atoms with Crippen LogP contribution in [-0.2, 0) is 4.79 Å². The standard InChI is InChI=1S/C8H13F5N2O/c1-5(2)15(4-3-14)6(16)7(9,10)8(11,12)13/h5H,3-4,14H2,1-2H3. The van der Waals surface area contributed by atoms with Gasteiger partial charge in [-0.05, 0) is 13.8 Å². The highest BCUT2D eigenvalue weighted by molar-refractivity contribution is 5.84. The number of alkyl halides is 5. The Bertz CT molecular complexity index is 251. The molecule has 0 unspecified atom stereocenters. The fourth-order valence-electron chi connectivity index (χ4n) is 1.03. The average Bonchev–Trinajstić information content (AvgIpc) is 2.10. The lowest BCUT2D eigenvalue weighted by Gasteiger charge is -2.30. The molecule has 0 spiro atoms. The van der Waals surface area contributed by atoms with E-state index in [9.17, 15) is 26.7 Å². The quantitative estimate of drug-likeness (QED) is 0.764. The molecule has 3 nitrogen and oxygen atoms in total. The maximum absolute atomic E-state index is 12.7. The first-order valence-corrected chi connectivity index (χ1v) is 4.51. The van der Waals surface area contributed by atoms with Crippen LogP contribution in [0.15, 0.2) is 0 Å². The maximum atomic E-state index is 12.7. The Labute approximate surface area is 89.4 Å². The summed E-state index contributed by atoms with van der Waals surface area (Å²) in [6, 6.07) is -0.774. The van der Waals surface area contributed by atoms with Gasteiger partial charge in [0.2, 0.25) is 0 Å². The summed E-state index contributed by atoms with van der Waals surface area (Å²) >= 11 is 0. The van der Waals surface area contributed by atoms with Crippen molar-refractivity contribution in [3.05, 3.63) is 0 Å². The highest BCUT2D eigenvalue weighted by atomic mass is 19.4. The molecule has 8 heteroatoms. The highest BCUT2D eigenvalue weighted by Crippen LogP contribution is 2.37. The van der Waals surface area contributed by atoms with Gasteiger partial charge in [0.25, 0.3) is 0 Å². The molecule has 0 saturated carbocycles. The summed E-state index contributed by atoms with van der Waals surface area (Å²) in [5.74, 6) is -7.63. The van der Waals surface area contributed by atoms with Gasteiger partial charge in [-0.2, -0.15) is 22.0 Å². The minimum absolute atomic E-state index is 0.183. The van der Waals surface area contributed by atoms with Crippen LogP contribution < -0.4 is 5.73 Å². The number of nitrogens with zero attached hydrogens (tertiary/aromatic N) is 1. The molecule has 0 rings (SSSR count). The Morgan fingerprint density at radius 2 is 1.69 bits per heavy atom. The number of halogens is 5. The maximum Gasteiger partial charge on any atom is 0.463 e. The Morgan fingerprint density at radius 1 is 1.25 bits per heavy atom. The zero-order valence-electron chi connectivity index (χ0n) is 8.81. The van der Waals surface area contributed by atoms with Crippen LogP contribution >= 0.6 is 0 Å². The second-order valence-corrected chi connectivity index (χ2v) is 3.45. The second-order valence-electron chi connectivity index (χ2n) is 3.45. The van der Waals surface area contributed by atoms with Gasteiger partial charge >= 0.3 is 18.0 Å². The summed E-state index contributed by atoms with van der Waals surface area (Å²) in [4.78, 5) is 11.5. The van der Waals surface area contributed by atoms with E-state index in [0.717, 1.165) is 0 Å². The molecule has 2 N–H and O–H groups in total. The molecule has 1 amide bonds. The molecule has 0 heterocycles. The van der Waals surface area contributed by atoms with E-state index in [1.165, 1.54) is 13.8 Å². The van der Waals surface area contributed by atoms with Crippen molar-refractivity contribution in [3.63, 3.8) is 0 Å². The normalized spacial score (nSPS) is 13.1. The topological polar surface area (TPSA) is 46.3 Å². The van der Waals surface area contributed by atoms with Crippen molar-refractivity contribution >= 4 is 5.91 Å². The zero-order valence-corrected chi connectivity index (χ0v) is 8.81. The van der Waals surface area contributed by atoms with Gasteiger partial charge in [-0.1, -0.05) is 0 Å². The Hall–Kier alpha value is -0.920. The first kappa shape index (κ1) is 15.1. The van der Waals surface area contributed by atoms with Gasteiger partial charge in [-0.3, -0.25) is 4.79 Å². The molecular formula is C8H13F5N2O. The summed E-state index contributed by atoms with van der Waals surface area (Å²) in [7, 11) is 0. The summed E-state index contributed by atoms with van der Waals surface area (Å²) in [5, 5.41) is 0. The number of carbonyl (C=O) groups is 1. The summed E-state index contributed by atoms with van der Waals surface area (Å²) in [6.45, 7) is 2.14. The molecule has 0 fully saturated rings. The first-order valence-electron chi connectivity index (χ1n) is 4.51. The van der Waals surface area contributed by atoms with Gasteiger partial charge in [-0.15, -0.1) is 0 Å². The van der Waals surface area contributed by atoms with Crippen LogP contribution in [0, 0.1) is 0 Å². The molecule has 0 radical (unpaired) electrons. The summed E-state index contributed by atoms with van der Waals surface area (Å²) in [6.07, 6.45) is -5.88. The Morgan fingerprint density at radius 3 is 1.94 bits per heavy atom. The van der Waals surface area contributed by atoms with Crippen LogP contribution in [0.3, 0.4) is 0 Å². The fourth-order valence-corrected chi connectivity index (χ4v) is 1.03. The van der Waals surface area contributed by atoms with Crippen molar-refractivity contribution in [1.82, 2.24) is 4.90 Å². The number of hydrogen-bond acceptors (Lipinski definition) is 2. The van der Waals surface area contributed by atoms with Crippen LogP contribution in [0.25, 0.3) is 0 Å². The van der Waals surface area contributed by atoms with E-state index in [0.29, 0.717) is 4.90 Å². The molecule has 96 valence electrons. The van der Waals surface area contributed by atoms with Crippen molar-refractivity contribution in [2.75, 3.05) is 13.1 Å². The molecule has 0 aromatic heterocycles. The van der Waals surface area contributed by atoms with Crippen LogP contribution in [0.5, 0.6) is 0 Å². The minimum atomic E-state index is -5.88. The molecule has 0 aromatic rings.